The Morgan fingerprint density at radius 1 is 1.26 bits per heavy atom. The Morgan fingerprint density at radius 2 is 1.94 bits per heavy atom. The third kappa shape index (κ3) is 4.88. The Balaban J connectivity index is 2.17. The Bertz CT molecular complexity index is 1280. The van der Waals surface area contributed by atoms with Gasteiger partial charge in [0, 0.05) is 14.1 Å². The van der Waals surface area contributed by atoms with E-state index in [0.29, 0.717) is 17.9 Å². The normalized spacial score (nSPS) is 17.6. The van der Waals surface area contributed by atoms with Crippen LogP contribution in [0.5, 0.6) is 5.75 Å². The number of amidine groups is 1. The first-order valence-corrected chi connectivity index (χ1v) is 11.5. The number of anilines is 1. The van der Waals surface area contributed by atoms with Gasteiger partial charge in [0.25, 0.3) is 15.9 Å². The molecule has 1 atom stereocenters. The smallest absolute Gasteiger partial charge is 0.431 e. The van der Waals surface area contributed by atoms with Crippen molar-refractivity contribution in [1.29, 1.82) is 0 Å². The summed E-state index contributed by atoms with van der Waals surface area (Å²) >= 11 is 0. The monoisotopic (exact) mass is 500 g/mol. The van der Waals surface area contributed by atoms with Crippen LogP contribution in [0.15, 0.2) is 50.3 Å². The molecule has 2 heterocycles. The molecule has 1 amide bonds. The van der Waals surface area contributed by atoms with Crippen LogP contribution in [0.1, 0.15) is 41.3 Å². The standard InChI is InChI=1S/C21H23F3N4O5S/c1-5-13(15-10-9-11(2)33-15)26-19-16(18(21(22,23)24)34(31,32)27-19)25-14-8-6-7-12(17(14)29)20(30)28(3)4/h6-10,13,25,29H,5H2,1-4H3,(H,26,27). The van der Waals surface area contributed by atoms with Crippen molar-refractivity contribution in [3.63, 3.8) is 0 Å². The Kier molecular flexibility index (Phi) is 6.69. The lowest BCUT2D eigenvalue weighted by Gasteiger charge is -2.16. The molecule has 0 saturated carbocycles. The Hall–Kier alpha value is -3.48. The predicted octanol–water partition coefficient (Wildman–Crippen LogP) is 3.66. The van der Waals surface area contributed by atoms with E-state index in [1.54, 1.807) is 26.0 Å². The van der Waals surface area contributed by atoms with Crippen LogP contribution in [0, 0.1) is 6.92 Å². The number of carbonyl (C=O) groups is 1. The van der Waals surface area contributed by atoms with Gasteiger partial charge in [-0.15, -0.1) is 0 Å². The number of furan rings is 1. The van der Waals surface area contributed by atoms with Gasteiger partial charge in [-0.3, -0.25) is 14.5 Å². The number of carbonyl (C=O) groups excluding carboxylic acids is 1. The number of nitrogens with zero attached hydrogens (tertiary/aromatic N) is 2. The summed E-state index contributed by atoms with van der Waals surface area (Å²) in [6.45, 7) is 3.39. The first-order chi connectivity index (χ1) is 15.8. The fourth-order valence-corrected chi connectivity index (χ4v) is 4.54. The number of phenols is 1. The summed E-state index contributed by atoms with van der Waals surface area (Å²) in [6.07, 6.45) is -4.98. The molecular formula is C21H23F3N4O5S. The topological polar surface area (TPSA) is 124 Å². The molecule has 0 saturated heterocycles. The maximum atomic E-state index is 13.8. The average molecular weight is 500 g/mol. The van der Waals surface area contributed by atoms with E-state index in [0.717, 1.165) is 0 Å². The number of aliphatic imine (C=N–C) groups is 1. The van der Waals surface area contributed by atoms with Crippen LogP contribution in [0.3, 0.4) is 0 Å². The highest BCUT2D eigenvalue weighted by atomic mass is 32.2. The van der Waals surface area contributed by atoms with Gasteiger partial charge in [-0.05, 0) is 37.6 Å². The largest absolute Gasteiger partial charge is 0.505 e. The number of hydrogen-bond acceptors (Lipinski definition) is 7. The van der Waals surface area contributed by atoms with E-state index in [2.05, 4.69) is 10.3 Å². The number of sulfonamides is 1. The molecule has 184 valence electrons. The molecule has 34 heavy (non-hydrogen) atoms. The number of hydrogen-bond donors (Lipinski definition) is 3. The van der Waals surface area contributed by atoms with Gasteiger partial charge in [0.1, 0.15) is 23.3 Å². The summed E-state index contributed by atoms with van der Waals surface area (Å²) in [6, 6.07) is 6.29. The maximum Gasteiger partial charge on any atom is 0.431 e. The van der Waals surface area contributed by atoms with Crippen molar-refractivity contribution in [3.05, 3.63) is 58.0 Å². The van der Waals surface area contributed by atoms with Gasteiger partial charge >= 0.3 is 6.18 Å². The molecule has 1 aromatic carbocycles. The average Bonchev–Trinajstić information content (AvgIpc) is 3.26. The first-order valence-electron chi connectivity index (χ1n) is 10.1. The zero-order chi connectivity index (χ0) is 25.4. The minimum Gasteiger partial charge on any atom is -0.505 e. The van der Waals surface area contributed by atoms with Gasteiger partial charge < -0.3 is 19.7 Å². The van der Waals surface area contributed by atoms with E-state index in [9.17, 15) is 31.5 Å². The van der Waals surface area contributed by atoms with Crippen molar-refractivity contribution in [2.75, 3.05) is 19.4 Å². The third-order valence-corrected chi connectivity index (χ3v) is 6.35. The highest BCUT2D eigenvalue weighted by molar-refractivity contribution is 7.94. The number of allylic oxidation sites excluding steroid dienone is 1. The number of phenolic OH excluding ortho intramolecular Hbond substituents is 1. The summed E-state index contributed by atoms with van der Waals surface area (Å²) in [5.41, 5.74) is -1.40. The van der Waals surface area contributed by atoms with Crippen LogP contribution in [0.2, 0.25) is 0 Å². The molecule has 1 unspecified atom stereocenters. The van der Waals surface area contributed by atoms with E-state index < -0.39 is 50.3 Å². The van der Waals surface area contributed by atoms with Crippen molar-refractivity contribution in [3.8, 4) is 5.75 Å². The number of benzene rings is 1. The summed E-state index contributed by atoms with van der Waals surface area (Å²) in [4.78, 5) is 15.8. The van der Waals surface area contributed by atoms with Crippen LogP contribution in [0.25, 0.3) is 0 Å². The van der Waals surface area contributed by atoms with Gasteiger partial charge in [-0.25, -0.2) is 8.42 Å². The lowest BCUT2D eigenvalue weighted by atomic mass is 10.1. The van der Waals surface area contributed by atoms with Gasteiger partial charge in [0.2, 0.25) is 0 Å². The SMILES string of the molecule is CCC(N=C1NS(=O)(=O)C(C(F)(F)F)=C1Nc1cccc(C(=O)N(C)C)c1O)c1ccc(C)o1. The lowest BCUT2D eigenvalue weighted by molar-refractivity contribution is -0.0847. The first kappa shape index (κ1) is 25.1. The highest BCUT2D eigenvalue weighted by Gasteiger charge is 2.51. The predicted molar refractivity (Wildman–Crippen MR) is 119 cm³/mol. The van der Waals surface area contributed by atoms with Crippen molar-refractivity contribution < 1.29 is 35.9 Å². The molecular weight excluding hydrogens is 477 g/mol. The van der Waals surface area contributed by atoms with Crippen LogP contribution in [-0.4, -0.2) is 50.4 Å². The zero-order valence-corrected chi connectivity index (χ0v) is 19.5. The number of aryl methyl sites for hydroxylation is 1. The Labute approximate surface area is 194 Å². The van der Waals surface area contributed by atoms with Crippen molar-refractivity contribution in [2.45, 2.75) is 32.5 Å². The summed E-state index contributed by atoms with van der Waals surface area (Å²) in [7, 11) is -2.15. The highest BCUT2D eigenvalue weighted by Crippen LogP contribution is 2.39. The van der Waals surface area contributed by atoms with E-state index in [4.69, 9.17) is 4.42 Å². The number of rotatable bonds is 6. The molecule has 1 aromatic heterocycles. The molecule has 0 fully saturated rings. The minimum atomic E-state index is -5.28. The maximum absolute atomic E-state index is 13.8. The van der Waals surface area contributed by atoms with E-state index in [1.807, 2.05) is 4.72 Å². The van der Waals surface area contributed by atoms with Crippen molar-refractivity contribution in [2.24, 2.45) is 4.99 Å². The second-order valence-electron chi connectivity index (χ2n) is 7.68. The Morgan fingerprint density at radius 3 is 2.47 bits per heavy atom. The van der Waals surface area contributed by atoms with Crippen molar-refractivity contribution in [1.82, 2.24) is 9.62 Å². The van der Waals surface area contributed by atoms with Gasteiger partial charge in [-0.1, -0.05) is 13.0 Å². The molecule has 13 heteroatoms. The minimum absolute atomic E-state index is 0.186. The fourth-order valence-electron chi connectivity index (χ4n) is 3.31. The van der Waals surface area contributed by atoms with Crippen molar-refractivity contribution >= 4 is 27.5 Å². The van der Waals surface area contributed by atoms with Crippen LogP contribution in [-0.2, 0) is 10.0 Å². The third-order valence-electron chi connectivity index (χ3n) is 4.91. The number of para-hydroxylation sites is 1. The molecule has 9 nitrogen and oxygen atoms in total. The second-order valence-corrected chi connectivity index (χ2v) is 9.30. The van der Waals surface area contributed by atoms with E-state index in [-0.39, 0.29) is 11.3 Å². The van der Waals surface area contributed by atoms with Gasteiger partial charge in [-0.2, -0.15) is 13.2 Å². The number of nitrogens with one attached hydrogen (secondary N) is 2. The second kappa shape index (κ2) is 9.05. The van der Waals surface area contributed by atoms with Gasteiger partial charge in [0.05, 0.1) is 11.3 Å². The van der Waals surface area contributed by atoms with Crippen LogP contribution < -0.4 is 10.0 Å². The molecule has 3 N–H and O–H groups in total. The summed E-state index contributed by atoms with van der Waals surface area (Å²) in [5, 5.41) is 12.9. The number of halogens is 3. The van der Waals surface area contributed by atoms with Crippen LogP contribution in [0.4, 0.5) is 18.9 Å². The fraction of sp³-hybridized carbons (Fsp3) is 0.333. The molecule has 0 aliphatic carbocycles. The lowest BCUT2D eigenvalue weighted by Crippen LogP contribution is -2.28. The molecule has 3 rings (SSSR count). The van der Waals surface area contributed by atoms with E-state index in [1.165, 1.54) is 37.2 Å². The summed E-state index contributed by atoms with van der Waals surface area (Å²) < 4.78 is 73.7. The molecule has 1 aliphatic rings. The van der Waals surface area contributed by atoms with E-state index >= 15 is 0 Å². The molecule has 0 bridgehead atoms. The molecule has 2 aromatic rings. The quantitative estimate of drug-likeness (QED) is 0.520. The zero-order valence-electron chi connectivity index (χ0n) is 18.7. The number of aromatic hydroxyl groups is 1. The number of alkyl halides is 3. The van der Waals surface area contributed by atoms with Gasteiger partial charge in [0.15, 0.2) is 16.5 Å². The summed E-state index contributed by atoms with van der Waals surface area (Å²) in [5.74, 6) is -0.952. The molecule has 0 spiro atoms. The number of amides is 1. The molecule has 0 radical (unpaired) electrons. The van der Waals surface area contributed by atoms with Crippen LogP contribution >= 0.6 is 0 Å². The molecule has 1 aliphatic heterocycles.